The lowest BCUT2D eigenvalue weighted by Gasteiger charge is -2.08. The van der Waals surface area contributed by atoms with Gasteiger partial charge in [-0.2, -0.15) is 0 Å². The lowest BCUT2D eigenvalue weighted by atomic mass is 10.0. The van der Waals surface area contributed by atoms with Crippen molar-refractivity contribution >= 4 is 71.2 Å². The number of para-hydroxylation sites is 1. The molecule has 3 aromatic carbocycles. The molecule has 5 heteroatoms. The van der Waals surface area contributed by atoms with Crippen molar-refractivity contribution in [1.29, 1.82) is 0 Å². The zero-order chi connectivity index (χ0) is 20.1. The Morgan fingerprint density at radius 2 is 1.55 bits per heavy atom. The third kappa shape index (κ3) is 1.82. The SMILES string of the molecule is c1ccc2c(c1)oc1cc3oc4ccc5c6ccncc6c6nccn6c5c4c3cc12. The molecule has 5 nitrogen and oxygen atoms in total. The lowest BCUT2D eigenvalue weighted by Crippen LogP contribution is -1.91. The highest BCUT2D eigenvalue weighted by Gasteiger charge is 2.18. The van der Waals surface area contributed by atoms with Gasteiger partial charge in [-0.3, -0.25) is 9.38 Å². The van der Waals surface area contributed by atoms with E-state index in [0.717, 1.165) is 71.2 Å². The highest BCUT2D eigenvalue weighted by molar-refractivity contribution is 6.26. The van der Waals surface area contributed by atoms with Crippen molar-refractivity contribution in [3.05, 3.63) is 79.4 Å². The number of hydrogen-bond acceptors (Lipinski definition) is 4. The Balaban J connectivity index is 1.68. The van der Waals surface area contributed by atoms with Gasteiger partial charge in [0.25, 0.3) is 0 Å². The van der Waals surface area contributed by atoms with Gasteiger partial charge in [0.2, 0.25) is 0 Å². The van der Waals surface area contributed by atoms with E-state index in [1.807, 2.05) is 49.1 Å². The number of fused-ring (bicyclic) bond motifs is 13. The first-order valence-electron chi connectivity index (χ1n) is 10.2. The van der Waals surface area contributed by atoms with Crippen LogP contribution >= 0.6 is 0 Å². The Morgan fingerprint density at radius 1 is 0.645 bits per heavy atom. The summed E-state index contributed by atoms with van der Waals surface area (Å²) in [6.45, 7) is 0. The van der Waals surface area contributed by atoms with E-state index in [9.17, 15) is 0 Å². The molecule has 5 heterocycles. The highest BCUT2D eigenvalue weighted by atomic mass is 16.3. The van der Waals surface area contributed by atoms with Crippen molar-refractivity contribution in [2.45, 2.75) is 0 Å². The maximum Gasteiger partial charge on any atom is 0.146 e. The third-order valence-corrected chi connectivity index (χ3v) is 6.34. The molecule has 0 saturated heterocycles. The Kier molecular flexibility index (Phi) is 2.60. The molecular formula is C26H13N3O2. The van der Waals surface area contributed by atoms with Gasteiger partial charge in [0.05, 0.1) is 10.9 Å². The Labute approximate surface area is 174 Å². The van der Waals surface area contributed by atoms with Crippen LogP contribution in [-0.4, -0.2) is 14.4 Å². The fourth-order valence-electron chi connectivity index (χ4n) is 5.03. The van der Waals surface area contributed by atoms with Gasteiger partial charge in [0.15, 0.2) is 0 Å². The Hall–Kier alpha value is -4.38. The van der Waals surface area contributed by atoms with Crippen molar-refractivity contribution in [1.82, 2.24) is 14.4 Å². The van der Waals surface area contributed by atoms with Crippen molar-refractivity contribution < 1.29 is 8.83 Å². The first-order valence-corrected chi connectivity index (χ1v) is 10.2. The number of rotatable bonds is 0. The number of hydrogen-bond donors (Lipinski definition) is 0. The Bertz CT molecular complexity index is 2010. The van der Waals surface area contributed by atoms with Gasteiger partial charge in [-0.15, -0.1) is 0 Å². The van der Waals surface area contributed by atoms with Crippen molar-refractivity contribution in [3.8, 4) is 0 Å². The molecule has 0 atom stereocenters. The lowest BCUT2D eigenvalue weighted by molar-refractivity contribution is 0.656. The second-order valence-corrected chi connectivity index (χ2v) is 7.92. The molecule has 0 spiro atoms. The molecule has 144 valence electrons. The fraction of sp³-hybridized carbons (Fsp3) is 0. The largest absolute Gasteiger partial charge is 0.456 e. The van der Waals surface area contributed by atoms with Crippen molar-refractivity contribution in [2.24, 2.45) is 0 Å². The summed E-state index contributed by atoms with van der Waals surface area (Å²) < 4.78 is 14.5. The standard InChI is InChI=1S/C26H13N3O2/c1-2-4-20-15(3-1)17-11-18-23(12-22(17)30-20)31-21-6-5-16-14-7-8-27-13-19(14)26-28-9-10-29(26)25(16)24(18)21/h1-13H. The second-order valence-electron chi connectivity index (χ2n) is 7.92. The third-order valence-electron chi connectivity index (χ3n) is 6.34. The van der Waals surface area contributed by atoms with Crippen LogP contribution in [0, 0.1) is 0 Å². The van der Waals surface area contributed by atoms with Crippen LogP contribution in [0.1, 0.15) is 0 Å². The van der Waals surface area contributed by atoms with Crippen molar-refractivity contribution in [2.75, 3.05) is 0 Å². The first kappa shape index (κ1) is 15.5. The molecule has 0 bridgehead atoms. The molecule has 0 amide bonds. The molecular weight excluding hydrogens is 386 g/mol. The van der Waals surface area contributed by atoms with E-state index in [2.05, 4.69) is 44.7 Å². The van der Waals surface area contributed by atoms with Crippen LogP contribution in [0.5, 0.6) is 0 Å². The maximum atomic E-state index is 6.30. The molecule has 0 N–H and O–H groups in total. The van der Waals surface area contributed by atoms with E-state index in [-0.39, 0.29) is 0 Å². The van der Waals surface area contributed by atoms with Crippen LogP contribution in [0.25, 0.3) is 71.2 Å². The minimum Gasteiger partial charge on any atom is -0.456 e. The van der Waals surface area contributed by atoms with Crippen LogP contribution < -0.4 is 0 Å². The summed E-state index contributed by atoms with van der Waals surface area (Å²) in [5, 5.41) is 7.68. The predicted octanol–water partition coefficient (Wildman–Crippen LogP) is 6.83. The summed E-state index contributed by atoms with van der Waals surface area (Å²) in [6, 6.07) is 18.6. The van der Waals surface area contributed by atoms with Gasteiger partial charge in [0, 0.05) is 57.8 Å². The minimum absolute atomic E-state index is 0.817. The molecule has 8 aromatic rings. The number of benzene rings is 3. The van der Waals surface area contributed by atoms with Crippen LogP contribution in [-0.2, 0) is 0 Å². The summed E-state index contributed by atoms with van der Waals surface area (Å²) in [7, 11) is 0. The molecule has 5 aromatic heterocycles. The Morgan fingerprint density at radius 3 is 2.55 bits per heavy atom. The van der Waals surface area contributed by atoms with E-state index in [1.54, 1.807) is 0 Å². The summed E-state index contributed by atoms with van der Waals surface area (Å²) in [6.07, 6.45) is 7.56. The van der Waals surface area contributed by atoms with E-state index in [1.165, 1.54) is 0 Å². The second kappa shape index (κ2) is 5.21. The van der Waals surface area contributed by atoms with Gasteiger partial charge >= 0.3 is 0 Å². The predicted molar refractivity (Wildman–Crippen MR) is 123 cm³/mol. The van der Waals surface area contributed by atoms with E-state index in [0.29, 0.717) is 0 Å². The van der Waals surface area contributed by atoms with E-state index < -0.39 is 0 Å². The highest BCUT2D eigenvalue weighted by Crippen LogP contribution is 2.41. The van der Waals surface area contributed by atoms with Gasteiger partial charge in [0.1, 0.15) is 28.0 Å². The first-order chi connectivity index (χ1) is 15.4. The van der Waals surface area contributed by atoms with E-state index >= 15 is 0 Å². The normalized spacial score (nSPS) is 12.5. The summed E-state index contributed by atoms with van der Waals surface area (Å²) >= 11 is 0. The topological polar surface area (TPSA) is 56.5 Å². The molecule has 0 fully saturated rings. The van der Waals surface area contributed by atoms with Gasteiger partial charge in [-0.05, 0) is 35.7 Å². The average Bonchev–Trinajstić information content (AvgIpc) is 3.52. The van der Waals surface area contributed by atoms with Crippen LogP contribution in [0.3, 0.4) is 0 Å². The molecule has 8 rings (SSSR count). The molecule has 0 unspecified atom stereocenters. The fourth-order valence-corrected chi connectivity index (χ4v) is 5.03. The van der Waals surface area contributed by atoms with Gasteiger partial charge in [-0.25, -0.2) is 4.98 Å². The van der Waals surface area contributed by atoms with Crippen LogP contribution in [0.4, 0.5) is 0 Å². The summed E-state index contributed by atoms with van der Waals surface area (Å²) in [5.74, 6) is 0. The quantitative estimate of drug-likeness (QED) is 0.262. The number of nitrogens with zero attached hydrogens (tertiary/aromatic N) is 3. The number of aromatic nitrogens is 3. The minimum atomic E-state index is 0.817. The zero-order valence-corrected chi connectivity index (χ0v) is 16.2. The molecule has 31 heavy (non-hydrogen) atoms. The molecule has 0 aliphatic rings. The van der Waals surface area contributed by atoms with Crippen LogP contribution in [0.15, 0.2) is 88.2 Å². The number of imidazole rings is 1. The zero-order valence-electron chi connectivity index (χ0n) is 16.2. The molecule has 0 aliphatic heterocycles. The van der Waals surface area contributed by atoms with Gasteiger partial charge in [-0.1, -0.05) is 18.2 Å². The van der Waals surface area contributed by atoms with E-state index in [4.69, 9.17) is 8.83 Å². The monoisotopic (exact) mass is 399 g/mol. The summed E-state index contributed by atoms with van der Waals surface area (Å²) in [5.41, 5.74) is 5.37. The smallest absolute Gasteiger partial charge is 0.146 e. The maximum absolute atomic E-state index is 6.30. The van der Waals surface area contributed by atoms with Crippen molar-refractivity contribution in [3.63, 3.8) is 0 Å². The van der Waals surface area contributed by atoms with Crippen LogP contribution in [0.2, 0.25) is 0 Å². The molecule has 0 saturated carbocycles. The summed E-state index contributed by atoms with van der Waals surface area (Å²) in [4.78, 5) is 8.95. The molecule has 0 aliphatic carbocycles. The average molecular weight is 399 g/mol. The number of pyridine rings is 2. The number of furan rings is 2. The van der Waals surface area contributed by atoms with Gasteiger partial charge < -0.3 is 8.83 Å². The molecule has 0 radical (unpaired) electrons.